The summed E-state index contributed by atoms with van der Waals surface area (Å²) < 4.78 is 0. The zero-order chi connectivity index (χ0) is 12.5. The van der Waals surface area contributed by atoms with Crippen molar-refractivity contribution in [3.63, 3.8) is 0 Å². The van der Waals surface area contributed by atoms with Crippen LogP contribution in [0.4, 0.5) is 0 Å². The first kappa shape index (κ1) is 14.1. The van der Waals surface area contributed by atoms with Gasteiger partial charge in [0, 0.05) is 0 Å². The highest BCUT2D eigenvalue weighted by Gasteiger charge is 2.51. The van der Waals surface area contributed by atoms with Crippen molar-refractivity contribution >= 4 is 0 Å². The van der Waals surface area contributed by atoms with Crippen molar-refractivity contribution < 1.29 is 0 Å². The lowest BCUT2D eigenvalue weighted by Gasteiger charge is -2.21. The van der Waals surface area contributed by atoms with Crippen LogP contribution in [0.15, 0.2) is 0 Å². The minimum Gasteiger partial charge on any atom is -0.0651 e. The minimum atomic E-state index is 0.846. The maximum atomic E-state index is 2.49. The number of hydrogen-bond acceptors (Lipinski definition) is 0. The first-order valence-electron chi connectivity index (χ1n) is 7.40. The van der Waals surface area contributed by atoms with Crippen molar-refractivity contribution in [2.75, 3.05) is 0 Å². The predicted molar refractivity (Wildman–Crippen MR) is 73.4 cm³/mol. The van der Waals surface area contributed by atoms with Gasteiger partial charge < -0.3 is 0 Å². The van der Waals surface area contributed by atoms with Crippen molar-refractivity contribution in [1.29, 1.82) is 0 Å². The van der Waals surface area contributed by atoms with E-state index in [0.717, 1.165) is 41.4 Å². The number of hydrogen-bond donors (Lipinski definition) is 0. The van der Waals surface area contributed by atoms with Crippen LogP contribution in [0.1, 0.15) is 61.3 Å². The molecule has 0 bridgehead atoms. The van der Waals surface area contributed by atoms with Crippen LogP contribution in [-0.4, -0.2) is 0 Å². The fraction of sp³-hybridized carbons (Fsp3) is 1.00. The SMILES string of the molecule is CCC(C)C1C(C)C1C(C)CC(C)C(C)C. The molecule has 0 N–H and O–H groups in total. The maximum absolute atomic E-state index is 2.49. The van der Waals surface area contributed by atoms with E-state index in [1.54, 1.807) is 0 Å². The fourth-order valence-electron chi connectivity index (χ4n) is 3.61. The standard InChI is InChI=1S/C16H32/c1-8-11(4)15-14(7)16(15)13(6)9-12(5)10(2)3/h10-16H,8-9H2,1-7H3. The molecule has 0 aliphatic heterocycles. The Labute approximate surface area is 103 Å². The summed E-state index contributed by atoms with van der Waals surface area (Å²) in [6.07, 6.45) is 2.79. The van der Waals surface area contributed by atoms with Gasteiger partial charge >= 0.3 is 0 Å². The fourth-order valence-corrected chi connectivity index (χ4v) is 3.61. The molecule has 0 aromatic carbocycles. The van der Waals surface area contributed by atoms with Gasteiger partial charge in [0.05, 0.1) is 0 Å². The molecule has 1 saturated carbocycles. The number of rotatable bonds is 6. The summed E-state index contributed by atoms with van der Waals surface area (Å²) in [5, 5.41) is 0. The average molecular weight is 224 g/mol. The highest BCUT2D eigenvalue weighted by atomic mass is 14.6. The maximum Gasteiger partial charge on any atom is -0.0326 e. The van der Waals surface area contributed by atoms with Crippen LogP contribution in [0, 0.1) is 41.4 Å². The Hall–Kier alpha value is 0. The molecule has 0 spiro atoms. The van der Waals surface area contributed by atoms with E-state index in [-0.39, 0.29) is 0 Å². The molecule has 0 nitrogen and oxygen atoms in total. The third-order valence-corrected chi connectivity index (χ3v) is 5.36. The Morgan fingerprint density at radius 3 is 1.81 bits per heavy atom. The summed E-state index contributed by atoms with van der Waals surface area (Å²) in [6, 6.07) is 0. The normalized spacial score (nSPS) is 34.9. The monoisotopic (exact) mass is 224 g/mol. The predicted octanol–water partition coefficient (Wildman–Crippen LogP) is 5.23. The van der Waals surface area contributed by atoms with Gasteiger partial charge in [0.25, 0.3) is 0 Å². The van der Waals surface area contributed by atoms with E-state index in [4.69, 9.17) is 0 Å². The Kier molecular flexibility index (Phi) is 4.88. The second-order valence-electron chi connectivity index (χ2n) is 6.83. The molecule has 1 fully saturated rings. The van der Waals surface area contributed by atoms with Crippen molar-refractivity contribution in [3.8, 4) is 0 Å². The molecule has 0 heteroatoms. The van der Waals surface area contributed by atoms with Gasteiger partial charge in [-0.05, 0) is 47.8 Å². The van der Waals surface area contributed by atoms with E-state index in [0.29, 0.717) is 0 Å². The lowest BCUT2D eigenvalue weighted by Crippen LogP contribution is -2.12. The highest BCUT2D eigenvalue weighted by molar-refractivity contribution is 4.99. The molecule has 0 aromatic heterocycles. The molecule has 6 unspecified atom stereocenters. The molecule has 0 saturated heterocycles. The van der Waals surface area contributed by atoms with E-state index in [1.807, 2.05) is 0 Å². The molecule has 16 heavy (non-hydrogen) atoms. The Bertz CT molecular complexity index is 206. The van der Waals surface area contributed by atoms with Gasteiger partial charge in [0.15, 0.2) is 0 Å². The Morgan fingerprint density at radius 2 is 1.38 bits per heavy atom. The first-order chi connectivity index (χ1) is 7.40. The van der Waals surface area contributed by atoms with Gasteiger partial charge in [0.1, 0.15) is 0 Å². The molecule has 1 rings (SSSR count). The molecular weight excluding hydrogens is 192 g/mol. The quantitative estimate of drug-likeness (QED) is 0.579. The van der Waals surface area contributed by atoms with Crippen molar-refractivity contribution in [2.24, 2.45) is 41.4 Å². The molecule has 6 atom stereocenters. The highest BCUT2D eigenvalue weighted by Crippen LogP contribution is 2.56. The first-order valence-corrected chi connectivity index (χ1v) is 7.40. The van der Waals surface area contributed by atoms with Gasteiger partial charge in [-0.2, -0.15) is 0 Å². The molecule has 0 amide bonds. The summed E-state index contributed by atoms with van der Waals surface area (Å²) in [5.74, 6) is 6.65. The molecule has 0 aromatic rings. The van der Waals surface area contributed by atoms with E-state index >= 15 is 0 Å². The second-order valence-corrected chi connectivity index (χ2v) is 6.83. The van der Waals surface area contributed by atoms with Gasteiger partial charge in [-0.3, -0.25) is 0 Å². The van der Waals surface area contributed by atoms with Crippen LogP contribution in [0.3, 0.4) is 0 Å². The van der Waals surface area contributed by atoms with E-state index in [2.05, 4.69) is 48.5 Å². The summed E-state index contributed by atoms with van der Waals surface area (Å²) in [4.78, 5) is 0. The van der Waals surface area contributed by atoms with E-state index < -0.39 is 0 Å². The third-order valence-electron chi connectivity index (χ3n) is 5.36. The summed E-state index contributed by atoms with van der Waals surface area (Å²) in [7, 11) is 0. The van der Waals surface area contributed by atoms with Gasteiger partial charge in [-0.15, -0.1) is 0 Å². The van der Waals surface area contributed by atoms with Crippen molar-refractivity contribution in [3.05, 3.63) is 0 Å². The third kappa shape index (κ3) is 3.02. The van der Waals surface area contributed by atoms with E-state index in [1.165, 1.54) is 12.8 Å². The zero-order valence-corrected chi connectivity index (χ0v) is 12.5. The zero-order valence-electron chi connectivity index (χ0n) is 12.5. The van der Waals surface area contributed by atoms with Crippen LogP contribution in [-0.2, 0) is 0 Å². The Balaban J connectivity index is 2.42. The lowest BCUT2D eigenvalue weighted by atomic mass is 9.85. The van der Waals surface area contributed by atoms with Crippen LogP contribution in [0.25, 0.3) is 0 Å². The van der Waals surface area contributed by atoms with Gasteiger partial charge in [-0.25, -0.2) is 0 Å². The van der Waals surface area contributed by atoms with Crippen molar-refractivity contribution in [1.82, 2.24) is 0 Å². The molecule has 1 aliphatic rings. The van der Waals surface area contributed by atoms with Gasteiger partial charge in [-0.1, -0.05) is 54.9 Å². The summed E-state index contributed by atoms with van der Waals surface area (Å²) in [6.45, 7) is 16.9. The van der Waals surface area contributed by atoms with Crippen LogP contribution >= 0.6 is 0 Å². The molecule has 0 radical (unpaired) electrons. The smallest absolute Gasteiger partial charge is 0.0326 e. The Morgan fingerprint density at radius 1 is 0.875 bits per heavy atom. The van der Waals surface area contributed by atoms with Crippen LogP contribution < -0.4 is 0 Å². The largest absolute Gasteiger partial charge is 0.0651 e. The average Bonchev–Trinajstić information content (AvgIpc) is 2.88. The topological polar surface area (TPSA) is 0 Å². The summed E-state index contributed by atoms with van der Waals surface area (Å²) >= 11 is 0. The van der Waals surface area contributed by atoms with Gasteiger partial charge in [0.2, 0.25) is 0 Å². The molecule has 1 aliphatic carbocycles. The molecule has 96 valence electrons. The lowest BCUT2D eigenvalue weighted by molar-refractivity contribution is 0.291. The van der Waals surface area contributed by atoms with Crippen molar-refractivity contribution in [2.45, 2.75) is 61.3 Å². The molecular formula is C16H32. The summed E-state index contributed by atoms with van der Waals surface area (Å²) in [5.41, 5.74) is 0. The molecule has 0 heterocycles. The van der Waals surface area contributed by atoms with Crippen LogP contribution in [0.2, 0.25) is 0 Å². The second kappa shape index (κ2) is 5.56. The van der Waals surface area contributed by atoms with E-state index in [9.17, 15) is 0 Å². The minimum absolute atomic E-state index is 0.846. The van der Waals surface area contributed by atoms with Crippen LogP contribution in [0.5, 0.6) is 0 Å².